The summed E-state index contributed by atoms with van der Waals surface area (Å²) in [4.78, 5) is 28.7. The summed E-state index contributed by atoms with van der Waals surface area (Å²) in [6, 6.07) is 9.91. The number of hydrogen-bond donors (Lipinski definition) is 1. The summed E-state index contributed by atoms with van der Waals surface area (Å²) in [6.07, 6.45) is 1.92. The molecule has 0 radical (unpaired) electrons. The van der Waals surface area contributed by atoms with Gasteiger partial charge in [-0.15, -0.1) is 0 Å². The van der Waals surface area contributed by atoms with Crippen LogP contribution in [0.4, 0.5) is 0 Å². The Bertz CT molecular complexity index is 581. The molecule has 0 aromatic heterocycles. The minimum Gasteiger partial charge on any atom is -0.368 e. The first-order chi connectivity index (χ1) is 11.6. The standard InChI is InChI=1S/C18H25N3O2S/c19-17(22)16-13-24-10-9-21(16)18(23)15-7-4-8-20(12-15)11-14-5-2-1-3-6-14/h1-3,5-6,15-16H,4,7-13H2,(H2,19,22)/t15-,16-/m0/s1. The van der Waals surface area contributed by atoms with E-state index >= 15 is 0 Å². The number of nitrogens with zero attached hydrogens (tertiary/aromatic N) is 2. The third-order valence-electron chi connectivity index (χ3n) is 4.84. The molecule has 6 heteroatoms. The zero-order valence-electron chi connectivity index (χ0n) is 13.9. The van der Waals surface area contributed by atoms with Crippen LogP contribution in [-0.4, -0.2) is 58.8 Å². The number of likely N-dealkylation sites (tertiary alicyclic amines) is 1. The number of nitrogens with two attached hydrogens (primary N) is 1. The minimum atomic E-state index is -0.444. The average Bonchev–Trinajstić information content (AvgIpc) is 2.62. The number of rotatable bonds is 4. The normalized spacial score (nSPS) is 25.4. The van der Waals surface area contributed by atoms with Gasteiger partial charge in [-0.1, -0.05) is 30.3 Å². The van der Waals surface area contributed by atoms with Gasteiger partial charge in [-0.25, -0.2) is 0 Å². The number of primary amides is 1. The smallest absolute Gasteiger partial charge is 0.241 e. The van der Waals surface area contributed by atoms with Gasteiger partial charge < -0.3 is 10.6 Å². The predicted octanol–water partition coefficient (Wildman–Crippen LogP) is 1.33. The largest absolute Gasteiger partial charge is 0.368 e. The zero-order valence-corrected chi connectivity index (χ0v) is 14.7. The van der Waals surface area contributed by atoms with Crippen molar-refractivity contribution in [2.75, 3.05) is 31.1 Å². The SMILES string of the molecule is NC(=O)[C@@H]1CSCCN1C(=O)[C@H]1CCCN(Cc2ccccc2)C1. The van der Waals surface area contributed by atoms with Crippen molar-refractivity contribution < 1.29 is 9.59 Å². The van der Waals surface area contributed by atoms with Crippen LogP contribution in [-0.2, 0) is 16.1 Å². The van der Waals surface area contributed by atoms with E-state index in [-0.39, 0.29) is 17.7 Å². The number of carbonyl (C=O) groups excluding carboxylic acids is 2. The molecule has 2 fully saturated rings. The van der Waals surface area contributed by atoms with Gasteiger partial charge in [0.1, 0.15) is 6.04 Å². The van der Waals surface area contributed by atoms with E-state index in [0.29, 0.717) is 12.3 Å². The van der Waals surface area contributed by atoms with Crippen LogP contribution in [0, 0.1) is 5.92 Å². The quantitative estimate of drug-likeness (QED) is 0.892. The third-order valence-corrected chi connectivity index (χ3v) is 5.87. The van der Waals surface area contributed by atoms with Crippen LogP contribution in [0.3, 0.4) is 0 Å². The molecule has 2 saturated heterocycles. The number of thioether (sulfide) groups is 1. The Morgan fingerprint density at radius 3 is 2.75 bits per heavy atom. The highest BCUT2D eigenvalue weighted by molar-refractivity contribution is 7.99. The van der Waals surface area contributed by atoms with E-state index in [1.807, 2.05) is 18.2 Å². The molecule has 1 aromatic rings. The Morgan fingerprint density at radius 1 is 1.21 bits per heavy atom. The van der Waals surface area contributed by atoms with E-state index in [1.54, 1.807) is 16.7 Å². The maximum atomic E-state index is 12.9. The molecule has 24 heavy (non-hydrogen) atoms. The van der Waals surface area contributed by atoms with Gasteiger partial charge in [-0.3, -0.25) is 14.5 Å². The number of amides is 2. The summed E-state index contributed by atoms with van der Waals surface area (Å²) < 4.78 is 0. The molecule has 0 spiro atoms. The first-order valence-electron chi connectivity index (χ1n) is 8.59. The maximum Gasteiger partial charge on any atom is 0.241 e. The molecular weight excluding hydrogens is 322 g/mol. The number of carbonyl (C=O) groups is 2. The topological polar surface area (TPSA) is 66.6 Å². The summed E-state index contributed by atoms with van der Waals surface area (Å²) in [5.74, 6) is 1.22. The molecule has 2 heterocycles. The summed E-state index contributed by atoms with van der Waals surface area (Å²) in [6.45, 7) is 3.29. The minimum absolute atomic E-state index is 0.0209. The lowest BCUT2D eigenvalue weighted by Crippen LogP contribution is -2.55. The van der Waals surface area contributed by atoms with Crippen molar-refractivity contribution in [2.24, 2.45) is 11.7 Å². The third kappa shape index (κ3) is 4.11. The summed E-state index contributed by atoms with van der Waals surface area (Å²) in [7, 11) is 0. The van der Waals surface area contributed by atoms with Gasteiger partial charge in [0.05, 0.1) is 5.92 Å². The lowest BCUT2D eigenvalue weighted by atomic mass is 9.95. The molecular formula is C18H25N3O2S. The van der Waals surface area contributed by atoms with Crippen LogP contribution in [0.2, 0.25) is 0 Å². The van der Waals surface area contributed by atoms with Crippen molar-refractivity contribution in [3.05, 3.63) is 35.9 Å². The Morgan fingerprint density at radius 2 is 2.00 bits per heavy atom. The van der Waals surface area contributed by atoms with E-state index in [0.717, 1.165) is 38.2 Å². The van der Waals surface area contributed by atoms with Crippen LogP contribution in [0.15, 0.2) is 30.3 Å². The molecule has 0 saturated carbocycles. The summed E-state index contributed by atoms with van der Waals surface area (Å²) >= 11 is 1.70. The lowest BCUT2D eigenvalue weighted by Gasteiger charge is -2.39. The van der Waals surface area contributed by atoms with E-state index in [9.17, 15) is 9.59 Å². The molecule has 2 aliphatic rings. The maximum absolute atomic E-state index is 12.9. The second-order valence-corrected chi connectivity index (χ2v) is 7.73. The van der Waals surface area contributed by atoms with Crippen LogP contribution in [0.1, 0.15) is 18.4 Å². The van der Waals surface area contributed by atoms with Gasteiger partial charge in [0.25, 0.3) is 0 Å². The van der Waals surface area contributed by atoms with Crippen LogP contribution < -0.4 is 5.73 Å². The van der Waals surface area contributed by atoms with Crippen molar-refractivity contribution in [1.82, 2.24) is 9.80 Å². The van der Waals surface area contributed by atoms with Crippen molar-refractivity contribution in [2.45, 2.75) is 25.4 Å². The first kappa shape index (κ1) is 17.3. The number of piperidine rings is 1. The summed E-state index contributed by atoms with van der Waals surface area (Å²) in [5, 5.41) is 0. The molecule has 2 N–H and O–H groups in total. The number of hydrogen-bond acceptors (Lipinski definition) is 4. The van der Waals surface area contributed by atoms with Gasteiger partial charge >= 0.3 is 0 Å². The highest BCUT2D eigenvalue weighted by Gasteiger charge is 2.36. The zero-order chi connectivity index (χ0) is 16.9. The molecule has 2 amide bonds. The van der Waals surface area contributed by atoms with Gasteiger partial charge in [0.15, 0.2) is 0 Å². The Labute approximate surface area is 147 Å². The lowest BCUT2D eigenvalue weighted by molar-refractivity contribution is -0.143. The summed E-state index contributed by atoms with van der Waals surface area (Å²) in [5.41, 5.74) is 6.77. The van der Waals surface area contributed by atoms with Gasteiger partial charge in [0.2, 0.25) is 11.8 Å². The fraction of sp³-hybridized carbons (Fsp3) is 0.556. The Balaban J connectivity index is 1.63. The van der Waals surface area contributed by atoms with E-state index in [2.05, 4.69) is 17.0 Å². The fourth-order valence-electron chi connectivity index (χ4n) is 3.58. The first-order valence-corrected chi connectivity index (χ1v) is 9.74. The average molecular weight is 347 g/mol. The Kier molecular flexibility index (Phi) is 5.79. The second kappa shape index (κ2) is 8.03. The highest BCUT2D eigenvalue weighted by atomic mass is 32.2. The molecule has 5 nitrogen and oxygen atoms in total. The van der Waals surface area contributed by atoms with E-state index in [1.165, 1.54) is 5.56 Å². The molecule has 2 atom stereocenters. The van der Waals surface area contributed by atoms with Crippen molar-refractivity contribution in [3.63, 3.8) is 0 Å². The molecule has 2 aliphatic heterocycles. The van der Waals surface area contributed by atoms with Crippen molar-refractivity contribution in [3.8, 4) is 0 Å². The van der Waals surface area contributed by atoms with Crippen molar-refractivity contribution >= 4 is 23.6 Å². The predicted molar refractivity (Wildman–Crippen MR) is 96.5 cm³/mol. The van der Waals surface area contributed by atoms with Crippen LogP contribution >= 0.6 is 11.8 Å². The van der Waals surface area contributed by atoms with E-state index < -0.39 is 6.04 Å². The second-order valence-electron chi connectivity index (χ2n) is 6.58. The van der Waals surface area contributed by atoms with Gasteiger partial charge in [0, 0.05) is 31.1 Å². The highest BCUT2D eigenvalue weighted by Crippen LogP contribution is 2.24. The van der Waals surface area contributed by atoms with Gasteiger partial charge in [-0.2, -0.15) is 11.8 Å². The molecule has 3 rings (SSSR count). The fourth-order valence-corrected chi connectivity index (χ4v) is 4.64. The molecule has 0 aliphatic carbocycles. The number of benzene rings is 1. The molecule has 130 valence electrons. The molecule has 0 unspecified atom stereocenters. The van der Waals surface area contributed by atoms with Crippen molar-refractivity contribution in [1.29, 1.82) is 0 Å². The molecule has 0 bridgehead atoms. The Hall–Kier alpha value is -1.53. The monoisotopic (exact) mass is 347 g/mol. The van der Waals surface area contributed by atoms with Gasteiger partial charge in [-0.05, 0) is 24.9 Å². The van der Waals surface area contributed by atoms with E-state index in [4.69, 9.17) is 5.73 Å². The van der Waals surface area contributed by atoms with Crippen LogP contribution in [0.25, 0.3) is 0 Å². The van der Waals surface area contributed by atoms with Crippen LogP contribution in [0.5, 0.6) is 0 Å². The molecule has 1 aromatic carbocycles.